The van der Waals surface area contributed by atoms with Crippen LogP contribution in [0.3, 0.4) is 0 Å². The van der Waals surface area contributed by atoms with Crippen molar-refractivity contribution in [2.45, 2.75) is 37.4 Å². The van der Waals surface area contributed by atoms with E-state index in [4.69, 9.17) is 4.74 Å². The normalized spacial score (nSPS) is 35.1. The van der Waals surface area contributed by atoms with Crippen LogP contribution in [0.1, 0.15) is 25.7 Å². The van der Waals surface area contributed by atoms with Crippen LogP contribution in [0.25, 0.3) is 0 Å². The van der Waals surface area contributed by atoms with Crippen LogP contribution in [0.2, 0.25) is 0 Å². The van der Waals surface area contributed by atoms with Crippen LogP contribution >= 0.6 is 0 Å². The van der Waals surface area contributed by atoms with E-state index in [0.29, 0.717) is 0 Å². The molecule has 3 heteroatoms. The van der Waals surface area contributed by atoms with E-state index in [9.17, 15) is 5.11 Å². The molecule has 0 aromatic heterocycles. The Balaban J connectivity index is 1.95. The first kappa shape index (κ1) is 9.44. The van der Waals surface area contributed by atoms with Gasteiger partial charge in [0.2, 0.25) is 0 Å². The van der Waals surface area contributed by atoms with Gasteiger partial charge in [0.05, 0.1) is 11.7 Å². The van der Waals surface area contributed by atoms with Gasteiger partial charge >= 0.3 is 0 Å². The highest BCUT2D eigenvalue weighted by atomic mass is 16.5. The van der Waals surface area contributed by atoms with Gasteiger partial charge in [-0.05, 0) is 26.3 Å². The zero-order chi connectivity index (χ0) is 9.31. The molecule has 2 aliphatic heterocycles. The van der Waals surface area contributed by atoms with Gasteiger partial charge in [-0.3, -0.25) is 0 Å². The molecule has 2 rings (SSSR count). The van der Waals surface area contributed by atoms with Crippen LogP contribution in [-0.4, -0.2) is 48.5 Å². The highest BCUT2D eigenvalue weighted by Gasteiger charge is 2.38. The van der Waals surface area contributed by atoms with Crippen molar-refractivity contribution in [1.82, 2.24) is 4.90 Å². The lowest BCUT2D eigenvalue weighted by Crippen LogP contribution is -2.49. The first-order valence-corrected chi connectivity index (χ1v) is 5.21. The van der Waals surface area contributed by atoms with Crippen molar-refractivity contribution in [3.8, 4) is 0 Å². The Hall–Kier alpha value is -0.120. The third-order valence-electron chi connectivity index (χ3n) is 3.37. The number of piperidine rings is 1. The lowest BCUT2D eigenvalue weighted by atomic mass is 9.83. The van der Waals surface area contributed by atoms with Crippen LogP contribution in [0, 0.1) is 0 Å². The minimum Gasteiger partial charge on any atom is -0.393 e. The fraction of sp³-hybridized carbons (Fsp3) is 1.00. The second-order valence-corrected chi connectivity index (χ2v) is 4.48. The van der Waals surface area contributed by atoms with Crippen molar-refractivity contribution >= 4 is 0 Å². The van der Waals surface area contributed by atoms with Crippen molar-refractivity contribution < 1.29 is 9.84 Å². The van der Waals surface area contributed by atoms with Gasteiger partial charge in [0, 0.05) is 26.1 Å². The molecular formula is C10H19NO2. The average molecular weight is 185 g/mol. The maximum absolute atomic E-state index is 9.60. The van der Waals surface area contributed by atoms with Crippen molar-refractivity contribution in [3.05, 3.63) is 0 Å². The lowest BCUT2D eigenvalue weighted by Gasteiger charge is -2.44. The van der Waals surface area contributed by atoms with Crippen LogP contribution < -0.4 is 0 Å². The molecule has 13 heavy (non-hydrogen) atoms. The minimum atomic E-state index is -0.128. The lowest BCUT2D eigenvalue weighted by molar-refractivity contribution is -0.141. The van der Waals surface area contributed by atoms with E-state index < -0.39 is 0 Å². The molecule has 1 atom stereocenters. The highest BCUT2D eigenvalue weighted by molar-refractivity contribution is 4.91. The first-order valence-electron chi connectivity index (χ1n) is 5.21. The molecule has 0 saturated carbocycles. The highest BCUT2D eigenvalue weighted by Crippen LogP contribution is 2.34. The van der Waals surface area contributed by atoms with E-state index >= 15 is 0 Å². The Labute approximate surface area is 79.7 Å². The van der Waals surface area contributed by atoms with Crippen molar-refractivity contribution in [2.75, 3.05) is 26.7 Å². The molecule has 0 amide bonds. The number of aliphatic hydroxyl groups is 1. The standard InChI is InChI=1S/C10H19NO2/c1-11-5-3-10(4-6-11)8-9(12)2-7-13-10/h9,12H,2-8H2,1H3. The summed E-state index contributed by atoms with van der Waals surface area (Å²) in [6.07, 6.45) is 3.71. The SMILES string of the molecule is CN1CCC2(CC1)CC(O)CCO2. The molecule has 0 bridgehead atoms. The summed E-state index contributed by atoms with van der Waals surface area (Å²) in [6.45, 7) is 2.95. The maximum Gasteiger partial charge on any atom is 0.0731 e. The van der Waals surface area contributed by atoms with E-state index in [2.05, 4.69) is 11.9 Å². The average Bonchev–Trinajstić information content (AvgIpc) is 2.11. The van der Waals surface area contributed by atoms with E-state index in [-0.39, 0.29) is 11.7 Å². The number of hydrogen-bond donors (Lipinski definition) is 1. The van der Waals surface area contributed by atoms with Crippen LogP contribution in [0.15, 0.2) is 0 Å². The van der Waals surface area contributed by atoms with E-state index in [1.807, 2.05) is 0 Å². The van der Waals surface area contributed by atoms with Crippen molar-refractivity contribution in [1.29, 1.82) is 0 Å². The summed E-state index contributed by atoms with van der Waals surface area (Å²) < 4.78 is 5.84. The third-order valence-corrected chi connectivity index (χ3v) is 3.37. The van der Waals surface area contributed by atoms with Gasteiger partial charge in [-0.15, -0.1) is 0 Å². The second kappa shape index (κ2) is 3.56. The topological polar surface area (TPSA) is 32.7 Å². The Morgan fingerprint density at radius 2 is 2.08 bits per heavy atom. The zero-order valence-corrected chi connectivity index (χ0v) is 8.33. The van der Waals surface area contributed by atoms with E-state index in [1.54, 1.807) is 0 Å². The summed E-state index contributed by atoms with van der Waals surface area (Å²) in [7, 11) is 2.14. The zero-order valence-electron chi connectivity index (χ0n) is 8.33. The molecule has 3 nitrogen and oxygen atoms in total. The number of hydrogen-bond acceptors (Lipinski definition) is 3. The van der Waals surface area contributed by atoms with Crippen LogP contribution in [0.4, 0.5) is 0 Å². The minimum absolute atomic E-state index is 0.0180. The fourth-order valence-corrected chi connectivity index (χ4v) is 2.38. The quantitative estimate of drug-likeness (QED) is 0.600. The predicted molar refractivity (Wildman–Crippen MR) is 50.7 cm³/mol. The summed E-state index contributed by atoms with van der Waals surface area (Å²) in [5, 5.41) is 9.60. The van der Waals surface area contributed by atoms with Crippen LogP contribution in [-0.2, 0) is 4.74 Å². The Morgan fingerprint density at radius 1 is 1.38 bits per heavy atom. The molecule has 2 heterocycles. The summed E-state index contributed by atoms with van der Waals surface area (Å²) in [5.41, 5.74) is 0.0180. The van der Waals surface area contributed by atoms with Crippen LogP contribution in [0.5, 0.6) is 0 Å². The van der Waals surface area contributed by atoms with E-state index in [0.717, 1.165) is 45.4 Å². The van der Waals surface area contributed by atoms with Crippen molar-refractivity contribution in [3.63, 3.8) is 0 Å². The largest absolute Gasteiger partial charge is 0.393 e. The molecule has 0 aliphatic carbocycles. The number of aliphatic hydroxyl groups excluding tert-OH is 1. The molecule has 2 saturated heterocycles. The number of likely N-dealkylation sites (tertiary alicyclic amines) is 1. The fourth-order valence-electron chi connectivity index (χ4n) is 2.38. The number of rotatable bonds is 0. The van der Waals surface area contributed by atoms with Gasteiger partial charge in [0.25, 0.3) is 0 Å². The van der Waals surface area contributed by atoms with E-state index in [1.165, 1.54) is 0 Å². The first-order chi connectivity index (χ1) is 6.20. The summed E-state index contributed by atoms with van der Waals surface area (Å²) >= 11 is 0. The molecule has 0 radical (unpaired) electrons. The maximum atomic E-state index is 9.60. The Bertz CT molecular complexity index is 176. The van der Waals surface area contributed by atoms with Gasteiger partial charge in [-0.2, -0.15) is 0 Å². The molecule has 76 valence electrons. The number of ether oxygens (including phenoxy) is 1. The summed E-state index contributed by atoms with van der Waals surface area (Å²) in [5.74, 6) is 0. The molecule has 1 unspecified atom stereocenters. The number of nitrogens with zero attached hydrogens (tertiary/aromatic N) is 1. The molecular weight excluding hydrogens is 166 g/mol. The van der Waals surface area contributed by atoms with Gasteiger partial charge in [-0.25, -0.2) is 0 Å². The molecule has 0 aromatic rings. The summed E-state index contributed by atoms with van der Waals surface area (Å²) in [4.78, 5) is 2.33. The summed E-state index contributed by atoms with van der Waals surface area (Å²) in [6, 6.07) is 0. The molecule has 1 spiro atoms. The van der Waals surface area contributed by atoms with Crippen molar-refractivity contribution in [2.24, 2.45) is 0 Å². The Kier molecular flexibility index (Phi) is 2.58. The molecule has 1 N–H and O–H groups in total. The molecule has 0 aromatic carbocycles. The van der Waals surface area contributed by atoms with Gasteiger partial charge in [-0.1, -0.05) is 0 Å². The molecule has 2 aliphatic rings. The second-order valence-electron chi connectivity index (χ2n) is 4.48. The monoisotopic (exact) mass is 185 g/mol. The smallest absolute Gasteiger partial charge is 0.0731 e. The Morgan fingerprint density at radius 3 is 2.69 bits per heavy atom. The van der Waals surface area contributed by atoms with Gasteiger partial charge in [0.1, 0.15) is 0 Å². The molecule has 2 fully saturated rings. The third kappa shape index (κ3) is 2.03. The van der Waals surface area contributed by atoms with Gasteiger partial charge in [0.15, 0.2) is 0 Å². The predicted octanol–water partition coefficient (Wildman–Crippen LogP) is 0.622. The van der Waals surface area contributed by atoms with Gasteiger partial charge < -0.3 is 14.7 Å².